The summed E-state index contributed by atoms with van der Waals surface area (Å²) in [6, 6.07) is 12.0. The number of benzene rings is 2. The fraction of sp³-hybridized carbons (Fsp3) is 0.594. The Balaban J connectivity index is 1.72. The highest BCUT2D eigenvalue weighted by atomic mass is 31.2. The van der Waals surface area contributed by atoms with Crippen LogP contribution in [0.5, 0.6) is 5.75 Å². The van der Waals surface area contributed by atoms with Crippen LogP contribution in [0.1, 0.15) is 83.6 Å². The lowest BCUT2D eigenvalue weighted by molar-refractivity contribution is -0.139. The van der Waals surface area contributed by atoms with Crippen LogP contribution in [0.15, 0.2) is 47.5 Å². The summed E-state index contributed by atoms with van der Waals surface area (Å²) in [5.41, 5.74) is -0.699. The van der Waals surface area contributed by atoms with Gasteiger partial charge in [-0.1, -0.05) is 30.3 Å². The fourth-order valence-electron chi connectivity index (χ4n) is 4.65. The third-order valence-corrected chi connectivity index (χ3v) is 8.53. The van der Waals surface area contributed by atoms with Gasteiger partial charge in [0, 0.05) is 6.92 Å². The summed E-state index contributed by atoms with van der Waals surface area (Å²) in [5, 5.41) is 0. The number of phosphoric acid groups is 1. The summed E-state index contributed by atoms with van der Waals surface area (Å²) in [4.78, 5) is 4.59. The summed E-state index contributed by atoms with van der Waals surface area (Å²) >= 11 is 0. The number of alkyl halides is 3. The molecule has 0 radical (unpaired) electrons. The van der Waals surface area contributed by atoms with Gasteiger partial charge in [-0.3, -0.25) is 13.6 Å². The van der Waals surface area contributed by atoms with Crippen molar-refractivity contribution in [1.82, 2.24) is 0 Å². The van der Waals surface area contributed by atoms with Crippen molar-refractivity contribution in [3.05, 3.63) is 64.7 Å². The number of halogens is 3. The number of hydrogen-bond donors (Lipinski definition) is 0. The number of phosphoric ester groups is 1. The minimum atomic E-state index is -4.59. The predicted octanol–water partition coefficient (Wildman–Crippen LogP) is 8.90. The molecule has 7 nitrogen and oxygen atoms in total. The minimum Gasteiger partial charge on any atom is -0.493 e. The number of nitrogens with zero attached hydrogens (tertiary/aromatic N) is 1. The minimum absolute atomic E-state index is 0.123. The van der Waals surface area contributed by atoms with Crippen LogP contribution < -0.4 is 4.74 Å². The first-order valence-corrected chi connectivity index (χ1v) is 16.0. The van der Waals surface area contributed by atoms with Crippen LogP contribution >= 0.6 is 7.82 Å². The van der Waals surface area contributed by atoms with Crippen LogP contribution in [0.4, 0.5) is 13.2 Å². The third kappa shape index (κ3) is 11.2. The maximum Gasteiger partial charge on any atom is 0.475 e. The largest absolute Gasteiger partial charge is 0.493 e. The van der Waals surface area contributed by atoms with Crippen LogP contribution in [0, 0.1) is 6.92 Å². The molecule has 1 heterocycles. The molecule has 2 aromatic carbocycles. The zero-order chi connectivity index (χ0) is 32.1. The van der Waals surface area contributed by atoms with Crippen molar-refractivity contribution in [2.45, 2.75) is 104 Å². The van der Waals surface area contributed by atoms with Gasteiger partial charge in [0.25, 0.3) is 0 Å². The molecule has 43 heavy (non-hydrogen) atoms. The molecular weight excluding hydrogens is 582 g/mol. The van der Waals surface area contributed by atoms with Gasteiger partial charge in [0.2, 0.25) is 0 Å². The monoisotopic (exact) mass is 627 g/mol. The van der Waals surface area contributed by atoms with Gasteiger partial charge in [0.15, 0.2) is 5.90 Å². The topological polar surface area (TPSA) is 75.6 Å². The second-order valence-electron chi connectivity index (χ2n) is 13.0. The zero-order valence-corrected chi connectivity index (χ0v) is 27.4. The Labute approximate surface area is 253 Å². The standard InChI is InChI=1S/C32H45F3NO6P/c1-23-12-9-10-13-26(23)14-11-19-38-28-16-15-25(20-27(28)32(33,34)35)17-18-31(21-39-24(2)36-31)22-40-43(37,41-29(3,4)5)42-30(6,7)8/h9-10,12-13,15-16,20H,11,14,17-19,21-22H2,1-8H3. The molecule has 0 spiro atoms. The number of ether oxygens (including phenoxy) is 2. The Kier molecular flexibility index (Phi) is 11.2. The molecule has 11 heteroatoms. The highest BCUT2D eigenvalue weighted by molar-refractivity contribution is 7.48. The maximum absolute atomic E-state index is 14.0. The molecule has 0 N–H and O–H groups in total. The SMILES string of the molecule is CC1=NC(CCc2ccc(OCCCc3ccccc3C)c(C(F)(F)F)c2)(COP(=O)(OC(C)(C)C)OC(C)(C)C)CO1. The Morgan fingerprint density at radius 3 is 2.16 bits per heavy atom. The molecule has 2 aromatic rings. The Morgan fingerprint density at radius 1 is 0.953 bits per heavy atom. The molecule has 0 fully saturated rings. The Morgan fingerprint density at radius 2 is 1.60 bits per heavy atom. The van der Waals surface area contributed by atoms with E-state index in [1.54, 1.807) is 54.5 Å². The number of rotatable bonds is 13. The van der Waals surface area contributed by atoms with Crippen LogP contribution in [-0.4, -0.2) is 42.5 Å². The van der Waals surface area contributed by atoms with E-state index in [1.807, 2.05) is 31.2 Å². The van der Waals surface area contributed by atoms with Crippen molar-refractivity contribution < 1.29 is 40.8 Å². The zero-order valence-electron chi connectivity index (χ0n) is 26.5. The van der Waals surface area contributed by atoms with Crippen LogP contribution in [0.2, 0.25) is 0 Å². The van der Waals surface area contributed by atoms with E-state index in [9.17, 15) is 17.7 Å². The van der Waals surface area contributed by atoms with Crippen LogP contribution in [0.25, 0.3) is 0 Å². The van der Waals surface area contributed by atoms with Gasteiger partial charge in [-0.05, 0) is 103 Å². The second-order valence-corrected chi connectivity index (χ2v) is 14.5. The van der Waals surface area contributed by atoms with Crippen LogP contribution in [-0.2, 0) is 41.9 Å². The van der Waals surface area contributed by atoms with E-state index in [2.05, 4.69) is 4.99 Å². The fourth-order valence-corrected chi connectivity index (χ4v) is 6.53. The average molecular weight is 628 g/mol. The van der Waals surface area contributed by atoms with Crippen molar-refractivity contribution in [2.24, 2.45) is 4.99 Å². The maximum atomic E-state index is 14.0. The van der Waals surface area contributed by atoms with Crippen molar-refractivity contribution in [3.63, 3.8) is 0 Å². The first kappa shape index (κ1) is 35.1. The number of aryl methyl sites for hydroxylation is 3. The molecule has 1 aliphatic heterocycles. The lowest BCUT2D eigenvalue weighted by Gasteiger charge is -2.33. The van der Waals surface area contributed by atoms with Gasteiger partial charge < -0.3 is 9.47 Å². The van der Waals surface area contributed by atoms with Gasteiger partial charge >= 0.3 is 14.0 Å². The summed E-state index contributed by atoms with van der Waals surface area (Å²) in [6.45, 7) is 14.2. The number of hydrogen-bond acceptors (Lipinski definition) is 7. The molecule has 0 bridgehead atoms. The van der Waals surface area contributed by atoms with Crippen LogP contribution in [0.3, 0.4) is 0 Å². The van der Waals surface area contributed by atoms with Gasteiger partial charge in [-0.15, -0.1) is 0 Å². The lowest BCUT2D eigenvalue weighted by Crippen LogP contribution is -2.36. The van der Waals surface area contributed by atoms with Crippen molar-refractivity contribution in [1.29, 1.82) is 0 Å². The van der Waals surface area contributed by atoms with Gasteiger partial charge in [0.1, 0.15) is 17.9 Å². The Hall–Kier alpha value is -2.39. The van der Waals surface area contributed by atoms with E-state index in [0.717, 1.165) is 17.2 Å². The third-order valence-electron chi connectivity index (χ3n) is 6.54. The van der Waals surface area contributed by atoms with E-state index in [-0.39, 0.29) is 38.4 Å². The number of aliphatic imine (C=N–C) groups is 1. The Bertz CT molecular complexity index is 1300. The first-order chi connectivity index (χ1) is 19.8. The lowest BCUT2D eigenvalue weighted by atomic mass is 9.93. The van der Waals surface area contributed by atoms with Crippen molar-refractivity contribution >= 4 is 13.7 Å². The van der Waals surface area contributed by atoms with Crippen molar-refractivity contribution in [3.8, 4) is 5.75 Å². The van der Waals surface area contributed by atoms with E-state index in [4.69, 9.17) is 23.0 Å². The summed E-state index contributed by atoms with van der Waals surface area (Å²) in [5.74, 6) is 0.217. The highest BCUT2D eigenvalue weighted by Gasteiger charge is 2.43. The van der Waals surface area contributed by atoms with Gasteiger partial charge in [0.05, 0.1) is 30.0 Å². The smallest absolute Gasteiger partial charge is 0.475 e. The molecule has 240 valence electrons. The van der Waals surface area contributed by atoms with E-state index < -0.39 is 36.3 Å². The molecule has 0 saturated heterocycles. The average Bonchev–Trinajstić information content (AvgIpc) is 3.24. The molecule has 0 aliphatic carbocycles. The highest BCUT2D eigenvalue weighted by Crippen LogP contribution is 2.56. The van der Waals surface area contributed by atoms with Crippen molar-refractivity contribution in [2.75, 3.05) is 19.8 Å². The van der Waals surface area contributed by atoms with E-state index in [1.165, 1.54) is 6.07 Å². The molecule has 0 saturated carbocycles. The second kappa shape index (κ2) is 13.7. The molecule has 1 atom stereocenters. The summed E-state index contributed by atoms with van der Waals surface area (Å²) in [6.07, 6.45) is -2.76. The molecule has 0 aromatic heterocycles. The van der Waals surface area contributed by atoms with E-state index in [0.29, 0.717) is 24.3 Å². The van der Waals surface area contributed by atoms with Gasteiger partial charge in [-0.25, -0.2) is 9.56 Å². The quantitative estimate of drug-likeness (QED) is 0.163. The molecule has 1 unspecified atom stereocenters. The predicted molar refractivity (Wildman–Crippen MR) is 162 cm³/mol. The van der Waals surface area contributed by atoms with E-state index >= 15 is 0 Å². The molecule has 0 amide bonds. The molecule has 3 rings (SSSR count). The summed E-state index contributed by atoms with van der Waals surface area (Å²) < 4.78 is 84.2. The normalized spacial score (nSPS) is 18.0. The summed E-state index contributed by atoms with van der Waals surface area (Å²) in [7, 11) is -4.04. The molecular formula is C32H45F3NO6P. The molecule has 1 aliphatic rings. The first-order valence-electron chi connectivity index (χ1n) is 14.5. The van der Waals surface area contributed by atoms with Gasteiger partial charge in [-0.2, -0.15) is 13.2 Å².